The molecule has 8 heteroatoms. The van der Waals surface area contributed by atoms with Crippen molar-refractivity contribution in [1.29, 1.82) is 5.26 Å². The van der Waals surface area contributed by atoms with E-state index >= 15 is 0 Å². The maximum atomic E-state index is 12.0. The second kappa shape index (κ2) is 4.90. The number of nitrogens with one attached hydrogen (secondary N) is 1. The van der Waals surface area contributed by atoms with E-state index in [2.05, 4.69) is 15.8 Å². The van der Waals surface area contributed by atoms with E-state index in [-0.39, 0.29) is 20.6 Å². The highest BCUT2D eigenvalue weighted by Gasteiger charge is 2.31. The van der Waals surface area contributed by atoms with Crippen molar-refractivity contribution in [2.45, 2.75) is 29.5 Å². The Balaban J connectivity index is 2.16. The molecule has 1 aromatic heterocycles. The summed E-state index contributed by atoms with van der Waals surface area (Å²) >= 11 is 6.51. The highest BCUT2D eigenvalue weighted by molar-refractivity contribution is 7.91. The van der Waals surface area contributed by atoms with E-state index in [1.165, 1.54) is 6.20 Å². The fourth-order valence-corrected chi connectivity index (χ4v) is 4.50. The molecule has 1 N–H and O–H groups in total. The number of rotatable bonds is 3. The molecule has 0 saturated heterocycles. The van der Waals surface area contributed by atoms with Crippen molar-refractivity contribution in [3.63, 3.8) is 0 Å². The van der Waals surface area contributed by atoms with Gasteiger partial charge in [0.2, 0.25) is 0 Å². The number of aromatic nitrogens is 1. The number of halogens is 1. The molecule has 0 bridgehead atoms. The lowest BCUT2D eigenvalue weighted by Crippen LogP contribution is -2.36. The fourth-order valence-electron chi connectivity index (χ4n) is 1.88. The van der Waals surface area contributed by atoms with Gasteiger partial charge in [0.15, 0.2) is 8.68 Å². The normalized spacial score (nSPS) is 24.7. The average Bonchev–Trinajstić information content (AvgIpc) is 2.86. The van der Waals surface area contributed by atoms with Crippen LogP contribution in [0.5, 0.6) is 0 Å². The molecule has 1 aliphatic carbocycles. The quantitative estimate of drug-likeness (QED) is 0.920. The molecular weight excluding hydrogens is 282 g/mol. The summed E-state index contributed by atoms with van der Waals surface area (Å²) in [6.45, 7) is 0. The third kappa shape index (κ3) is 2.77. The molecule has 5 nitrogen and oxygen atoms in total. The van der Waals surface area contributed by atoms with Crippen molar-refractivity contribution in [2.75, 3.05) is 0 Å². The molecule has 92 valence electrons. The molecule has 1 saturated carbocycles. The van der Waals surface area contributed by atoms with Crippen molar-refractivity contribution >= 4 is 33.0 Å². The lowest BCUT2D eigenvalue weighted by atomic mass is 10.1. The summed E-state index contributed by atoms with van der Waals surface area (Å²) in [4.78, 5) is 3.70. The Hall–Kier alpha value is -0.680. The molecule has 1 aromatic rings. The van der Waals surface area contributed by atoms with Crippen LogP contribution in [-0.4, -0.2) is 19.4 Å². The molecule has 0 radical (unpaired) electrons. The maximum Gasteiger partial charge on any atom is 0.252 e. The van der Waals surface area contributed by atoms with Gasteiger partial charge >= 0.3 is 0 Å². The third-order valence-corrected chi connectivity index (χ3v) is 5.78. The predicted molar refractivity (Wildman–Crippen MR) is 64.2 cm³/mol. The number of hydrogen-bond donors (Lipinski definition) is 1. The molecule has 1 fully saturated rings. The van der Waals surface area contributed by atoms with E-state index in [1.54, 1.807) is 0 Å². The summed E-state index contributed by atoms with van der Waals surface area (Å²) in [5.74, 6) is -0.242. The number of nitriles is 1. The number of hydrogen-bond acceptors (Lipinski definition) is 5. The fraction of sp³-hybridized carbons (Fsp3) is 0.556. The molecule has 2 unspecified atom stereocenters. The first-order chi connectivity index (χ1) is 8.03. The SMILES string of the molecule is N#CC1CCCC1NS(=O)(=O)c1cnc(Cl)s1. The van der Waals surface area contributed by atoms with Crippen molar-refractivity contribution in [1.82, 2.24) is 9.71 Å². The van der Waals surface area contributed by atoms with E-state index < -0.39 is 10.0 Å². The van der Waals surface area contributed by atoms with Gasteiger partial charge in [-0.25, -0.2) is 18.1 Å². The second-order valence-electron chi connectivity index (χ2n) is 3.83. The summed E-state index contributed by atoms with van der Waals surface area (Å²) in [5.41, 5.74) is 0. The second-order valence-corrected chi connectivity index (χ2v) is 7.38. The molecule has 0 aliphatic heterocycles. The Morgan fingerprint density at radius 3 is 2.94 bits per heavy atom. The maximum absolute atomic E-state index is 12.0. The van der Waals surface area contributed by atoms with Gasteiger partial charge in [-0.1, -0.05) is 29.4 Å². The minimum Gasteiger partial charge on any atom is -0.232 e. The lowest BCUT2D eigenvalue weighted by Gasteiger charge is -2.14. The zero-order chi connectivity index (χ0) is 12.5. The van der Waals surface area contributed by atoms with E-state index in [0.717, 1.165) is 24.2 Å². The van der Waals surface area contributed by atoms with Crippen molar-refractivity contribution in [2.24, 2.45) is 5.92 Å². The van der Waals surface area contributed by atoms with Crippen molar-refractivity contribution in [3.05, 3.63) is 10.7 Å². The zero-order valence-electron chi connectivity index (χ0n) is 8.76. The van der Waals surface area contributed by atoms with Gasteiger partial charge in [-0.15, -0.1) is 0 Å². The van der Waals surface area contributed by atoms with Crippen LogP contribution >= 0.6 is 22.9 Å². The molecule has 0 spiro atoms. The van der Waals surface area contributed by atoms with Gasteiger partial charge in [0.05, 0.1) is 18.2 Å². The predicted octanol–water partition coefficient (Wildman–Crippen LogP) is 1.77. The minimum absolute atomic E-state index is 0.0890. The molecular formula is C9H10ClN3O2S2. The Morgan fingerprint density at radius 2 is 2.35 bits per heavy atom. The molecule has 0 aromatic carbocycles. The Labute approximate surface area is 108 Å². The largest absolute Gasteiger partial charge is 0.252 e. The molecule has 2 rings (SSSR count). The van der Waals surface area contributed by atoms with E-state index in [9.17, 15) is 8.42 Å². The number of nitrogens with zero attached hydrogens (tertiary/aromatic N) is 2. The van der Waals surface area contributed by atoms with Gasteiger partial charge < -0.3 is 0 Å². The Bertz CT molecular complexity index is 549. The summed E-state index contributed by atoms with van der Waals surface area (Å²) in [5, 5.41) is 8.89. The zero-order valence-corrected chi connectivity index (χ0v) is 11.1. The summed E-state index contributed by atoms with van der Waals surface area (Å²) < 4.78 is 26.7. The topological polar surface area (TPSA) is 82.9 Å². The molecule has 2 atom stereocenters. The first kappa shape index (κ1) is 12.8. The van der Waals surface area contributed by atoms with Crippen LogP contribution in [0, 0.1) is 17.2 Å². The van der Waals surface area contributed by atoms with Crippen LogP contribution in [0.2, 0.25) is 4.47 Å². The van der Waals surface area contributed by atoms with Crippen LogP contribution in [0.25, 0.3) is 0 Å². The van der Waals surface area contributed by atoms with Gasteiger partial charge in [-0.2, -0.15) is 5.26 Å². The first-order valence-corrected chi connectivity index (χ1v) is 7.74. The van der Waals surface area contributed by atoms with Crippen molar-refractivity contribution in [3.8, 4) is 6.07 Å². The highest BCUT2D eigenvalue weighted by atomic mass is 35.5. The lowest BCUT2D eigenvalue weighted by molar-refractivity contribution is 0.516. The molecule has 0 amide bonds. The Kier molecular flexibility index (Phi) is 3.68. The van der Waals surface area contributed by atoms with Gasteiger partial charge in [0, 0.05) is 6.04 Å². The van der Waals surface area contributed by atoms with Crippen LogP contribution in [-0.2, 0) is 10.0 Å². The van der Waals surface area contributed by atoms with Gasteiger partial charge in [0.25, 0.3) is 10.0 Å². The smallest absolute Gasteiger partial charge is 0.232 e. The van der Waals surface area contributed by atoms with Crippen LogP contribution < -0.4 is 4.72 Å². The third-order valence-electron chi connectivity index (χ3n) is 2.71. The van der Waals surface area contributed by atoms with E-state index in [1.807, 2.05) is 0 Å². The van der Waals surface area contributed by atoms with E-state index in [4.69, 9.17) is 16.9 Å². The molecule has 1 aliphatic rings. The first-order valence-electron chi connectivity index (χ1n) is 5.06. The summed E-state index contributed by atoms with van der Waals surface area (Å²) in [7, 11) is -3.60. The van der Waals surface area contributed by atoms with Crippen molar-refractivity contribution < 1.29 is 8.42 Å². The standard InChI is InChI=1S/C9H10ClN3O2S2/c10-9-12-5-8(16-9)17(14,15)13-7-3-1-2-6(7)4-11/h5-7,13H,1-3H2. The number of thiazole rings is 1. The molecule has 1 heterocycles. The van der Waals surface area contributed by atoms with Crippen LogP contribution in [0.15, 0.2) is 10.4 Å². The van der Waals surface area contributed by atoms with Gasteiger partial charge in [-0.05, 0) is 12.8 Å². The van der Waals surface area contributed by atoms with Crippen LogP contribution in [0.3, 0.4) is 0 Å². The van der Waals surface area contributed by atoms with Crippen LogP contribution in [0.4, 0.5) is 0 Å². The van der Waals surface area contributed by atoms with E-state index in [0.29, 0.717) is 6.42 Å². The Morgan fingerprint density at radius 1 is 1.59 bits per heavy atom. The summed E-state index contributed by atoms with van der Waals surface area (Å²) in [6.07, 6.45) is 3.54. The average molecular weight is 292 g/mol. The van der Waals surface area contributed by atoms with Gasteiger partial charge in [-0.3, -0.25) is 0 Å². The monoisotopic (exact) mass is 291 g/mol. The summed E-state index contributed by atoms with van der Waals surface area (Å²) in [6, 6.07) is 1.83. The highest BCUT2D eigenvalue weighted by Crippen LogP contribution is 2.28. The van der Waals surface area contributed by atoms with Crippen LogP contribution in [0.1, 0.15) is 19.3 Å². The minimum atomic E-state index is -3.60. The molecule has 17 heavy (non-hydrogen) atoms. The van der Waals surface area contributed by atoms with Gasteiger partial charge in [0.1, 0.15) is 0 Å². The number of sulfonamides is 1.